The van der Waals surface area contributed by atoms with Gasteiger partial charge in [-0.15, -0.1) is 24.0 Å². The molecule has 0 aliphatic carbocycles. The van der Waals surface area contributed by atoms with Gasteiger partial charge in [0.15, 0.2) is 17.5 Å². The van der Waals surface area contributed by atoms with Crippen molar-refractivity contribution in [3.63, 3.8) is 0 Å². The fraction of sp³-hybridized carbons (Fsp3) is 0.480. The molecule has 1 fully saturated rings. The Kier molecular flexibility index (Phi) is 10.7. The van der Waals surface area contributed by atoms with Crippen LogP contribution in [-0.2, 0) is 16.6 Å². The number of nitrogens with zero attached hydrogens (tertiary/aromatic N) is 2. The zero-order valence-electron chi connectivity index (χ0n) is 19.9. The van der Waals surface area contributed by atoms with Crippen molar-refractivity contribution >= 4 is 29.9 Å². The smallest absolute Gasteiger partial charge is 0.193 e. The maximum absolute atomic E-state index is 13.5. The summed E-state index contributed by atoms with van der Waals surface area (Å²) in [5.41, 5.74) is 2.20. The van der Waals surface area contributed by atoms with Crippen molar-refractivity contribution < 1.29 is 18.6 Å². The summed E-state index contributed by atoms with van der Waals surface area (Å²) in [7, 11) is 7.11. The first-order valence-electron chi connectivity index (χ1n) is 11.0. The Morgan fingerprint density at radius 2 is 1.76 bits per heavy atom. The molecule has 0 bridgehead atoms. The van der Waals surface area contributed by atoms with Crippen molar-refractivity contribution in [2.45, 2.75) is 24.7 Å². The molecule has 1 N–H and O–H groups in total. The third-order valence-corrected chi connectivity index (χ3v) is 6.25. The number of guanidine groups is 1. The van der Waals surface area contributed by atoms with Crippen molar-refractivity contribution in [2.75, 3.05) is 54.6 Å². The zero-order chi connectivity index (χ0) is 23.0. The van der Waals surface area contributed by atoms with E-state index in [2.05, 4.69) is 21.3 Å². The number of ether oxygens (including phenoxy) is 3. The maximum Gasteiger partial charge on any atom is 0.193 e. The monoisotopic (exact) mass is 571 g/mol. The standard InChI is InChI=1S/C25H34FN3O3.HI/c1-27-24(29(2)14-11-19-5-10-22(30-3)23(17-19)31-4)28-18-25(12-15-32-16-13-25)20-6-8-21(26)9-7-20;/h5-10,17H,11-16,18H2,1-4H3,(H,27,28);1H. The fourth-order valence-corrected chi connectivity index (χ4v) is 4.20. The molecule has 0 aromatic heterocycles. The van der Waals surface area contributed by atoms with Gasteiger partial charge in [0.25, 0.3) is 0 Å². The van der Waals surface area contributed by atoms with Gasteiger partial charge in [0.1, 0.15) is 5.82 Å². The molecule has 2 aromatic carbocycles. The van der Waals surface area contributed by atoms with E-state index in [1.54, 1.807) is 21.3 Å². The van der Waals surface area contributed by atoms with E-state index < -0.39 is 0 Å². The highest BCUT2D eigenvalue weighted by Crippen LogP contribution is 2.34. The number of aliphatic imine (C=N–C) groups is 1. The van der Waals surface area contributed by atoms with Crippen molar-refractivity contribution in [3.05, 3.63) is 59.4 Å². The average Bonchev–Trinajstić information content (AvgIpc) is 2.83. The molecular formula is C25H35FIN3O3. The Morgan fingerprint density at radius 3 is 2.36 bits per heavy atom. The normalized spacial score (nSPS) is 15.4. The Morgan fingerprint density at radius 1 is 1.09 bits per heavy atom. The molecule has 33 heavy (non-hydrogen) atoms. The highest BCUT2D eigenvalue weighted by atomic mass is 127. The van der Waals surface area contributed by atoms with Gasteiger partial charge in [-0.1, -0.05) is 18.2 Å². The number of nitrogens with one attached hydrogen (secondary N) is 1. The van der Waals surface area contributed by atoms with Gasteiger partial charge in [-0.3, -0.25) is 4.99 Å². The Balaban J connectivity index is 0.00000385. The average molecular weight is 571 g/mol. The minimum absolute atomic E-state index is 0. The van der Waals surface area contributed by atoms with Crippen LogP contribution in [0.1, 0.15) is 24.0 Å². The van der Waals surface area contributed by atoms with Gasteiger partial charge in [0.2, 0.25) is 0 Å². The summed E-state index contributed by atoms with van der Waals surface area (Å²) in [6.07, 6.45) is 2.62. The van der Waals surface area contributed by atoms with E-state index >= 15 is 0 Å². The van der Waals surface area contributed by atoms with Crippen LogP contribution in [-0.4, -0.2) is 65.5 Å². The van der Waals surface area contributed by atoms with Crippen LogP contribution in [0.4, 0.5) is 4.39 Å². The summed E-state index contributed by atoms with van der Waals surface area (Å²) in [4.78, 5) is 6.60. The van der Waals surface area contributed by atoms with Crippen LogP contribution in [0.5, 0.6) is 11.5 Å². The number of rotatable bonds is 8. The number of halogens is 2. The molecule has 0 unspecified atom stereocenters. The first-order valence-corrected chi connectivity index (χ1v) is 11.0. The predicted molar refractivity (Wildman–Crippen MR) is 141 cm³/mol. The molecule has 3 rings (SSSR count). The first kappa shape index (κ1) is 27.2. The molecular weight excluding hydrogens is 536 g/mol. The molecule has 0 spiro atoms. The molecule has 0 atom stereocenters. The second-order valence-electron chi connectivity index (χ2n) is 8.16. The van der Waals surface area contributed by atoms with Crippen molar-refractivity contribution in [1.29, 1.82) is 0 Å². The van der Waals surface area contributed by atoms with E-state index in [1.165, 1.54) is 12.1 Å². The van der Waals surface area contributed by atoms with Gasteiger partial charge in [0, 0.05) is 45.8 Å². The number of benzene rings is 2. The Bertz CT molecular complexity index is 902. The third kappa shape index (κ3) is 6.96. The van der Waals surface area contributed by atoms with Crippen LogP contribution >= 0.6 is 24.0 Å². The second kappa shape index (κ2) is 13.0. The van der Waals surface area contributed by atoms with Gasteiger partial charge in [-0.25, -0.2) is 4.39 Å². The molecule has 6 nitrogen and oxygen atoms in total. The van der Waals surface area contributed by atoms with E-state index in [1.807, 2.05) is 31.3 Å². The van der Waals surface area contributed by atoms with Crippen LogP contribution < -0.4 is 14.8 Å². The van der Waals surface area contributed by atoms with Gasteiger partial charge in [-0.2, -0.15) is 0 Å². The molecule has 1 aliphatic rings. The highest BCUT2D eigenvalue weighted by Gasteiger charge is 2.34. The summed E-state index contributed by atoms with van der Waals surface area (Å²) in [5, 5.41) is 3.55. The lowest BCUT2D eigenvalue weighted by molar-refractivity contribution is 0.0512. The molecule has 1 heterocycles. The van der Waals surface area contributed by atoms with E-state index in [9.17, 15) is 4.39 Å². The molecule has 8 heteroatoms. The summed E-state index contributed by atoms with van der Waals surface area (Å²) < 4.78 is 29.8. The van der Waals surface area contributed by atoms with Crippen LogP contribution in [0.2, 0.25) is 0 Å². The molecule has 1 aliphatic heterocycles. The van der Waals surface area contributed by atoms with Gasteiger partial charge >= 0.3 is 0 Å². The molecule has 182 valence electrons. The minimum atomic E-state index is -0.213. The van der Waals surface area contributed by atoms with E-state index in [4.69, 9.17) is 14.2 Å². The number of methoxy groups -OCH3 is 2. The van der Waals surface area contributed by atoms with Crippen molar-refractivity contribution in [2.24, 2.45) is 4.99 Å². The number of likely N-dealkylation sites (N-methyl/N-ethyl adjacent to an activating group) is 1. The lowest BCUT2D eigenvalue weighted by atomic mass is 9.74. The van der Waals surface area contributed by atoms with Gasteiger partial charge in [0.05, 0.1) is 14.2 Å². The summed E-state index contributed by atoms with van der Waals surface area (Å²) in [6.45, 7) is 2.91. The Labute approximate surface area is 213 Å². The fourth-order valence-electron chi connectivity index (χ4n) is 4.20. The number of hydrogen-bond acceptors (Lipinski definition) is 4. The van der Waals surface area contributed by atoms with Crippen molar-refractivity contribution in [1.82, 2.24) is 10.2 Å². The second-order valence-corrected chi connectivity index (χ2v) is 8.16. The van der Waals surface area contributed by atoms with E-state index in [0.29, 0.717) is 13.2 Å². The predicted octanol–water partition coefficient (Wildman–Crippen LogP) is 4.26. The largest absolute Gasteiger partial charge is 0.493 e. The molecule has 0 radical (unpaired) electrons. The van der Waals surface area contributed by atoms with E-state index in [-0.39, 0.29) is 35.2 Å². The molecule has 0 saturated carbocycles. The maximum atomic E-state index is 13.5. The van der Waals surface area contributed by atoms with Crippen LogP contribution in [0.25, 0.3) is 0 Å². The Hall–Kier alpha value is -2.07. The summed E-state index contributed by atoms with van der Waals surface area (Å²) in [6, 6.07) is 12.9. The van der Waals surface area contributed by atoms with Gasteiger partial charge < -0.3 is 24.4 Å². The number of hydrogen-bond donors (Lipinski definition) is 1. The topological polar surface area (TPSA) is 55.3 Å². The summed E-state index contributed by atoms with van der Waals surface area (Å²) >= 11 is 0. The molecule has 2 aromatic rings. The quantitative estimate of drug-likeness (QED) is 0.292. The zero-order valence-corrected chi connectivity index (χ0v) is 22.2. The first-order chi connectivity index (χ1) is 15.5. The molecule has 1 saturated heterocycles. The van der Waals surface area contributed by atoms with Crippen LogP contribution in [0, 0.1) is 5.82 Å². The van der Waals surface area contributed by atoms with Crippen LogP contribution in [0.15, 0.2) is 47.5 Å². The van der Waals surface area contributed by atoms with Gasteiger partial charge in [-0.05, 0) is 54.7 Å². The SMILES string of the molecule is CN=C(NCC1(c2ccc(F)cc2)CCOCC1)N(C)CCc1ccc(OC)c(OC)c1.I. The lowest BCUT2D eigenvalue weighted by Gasteiger charge is -2.39. The lowest BCUT2D eigenvalue weighted by Crippen LogP contribution is -2.48. The molecule has 0 amide bonds. The van der Waals surface area contributed by atoms with Crippen LogP contribution in [0.3, 0.4) is 0 Å². The highest BCUT2D eigenvalue weighted by molar-refractivity contribution is 14.0. The minimum Gasteiger partial charge on any atom is -0.493 e. The third-order valence-electron chi connectivity index (χ3n) is 6.25. The van der Waals surface area contributed by atoms with E-state index in [0.717, 1.165) is 60.9 Å². The van der Waals surface area contributed by atoms with Crippen molar-refractivity contribution in [3.8, 4) is 11.5 Å². The summed E-state index contributed by atoms with van der Waals surface area (Å²) in [5.74, 6) is 2.08.